The highest BCUT2D eigenvalue weighted by Gasteiger charge is 2.18. The second-order valence-corrected chi connectivity index (χ2v) is 7.01. The summed E-state index contributed by atoms with van der Waals surface area (Å²) < 4.78 is 22.0. The molecule has 7 heteroatoms. The van der Waals surface area contributed by atoms with E-state index in [0.717, 1.165) is 10.4 Å². The van der Waals surface area contributed by atoms with Crippen LogP contribution in [0.1, 0.15) is 27.7 Å². The topological polar surface area (TPSA) is 89.3 Å². The van der Waals surface area contributed by atoms with Crippen molar-refractivity contribution in [3.63, 3.8) is 0 Å². The van der Waals surface area contributed by atoms with E-state index in [-0.39, 0.29) is 12.5 Å². The highest BCUT2D eigenvalue weighted by atomic mass is 32.2. The van der Waals surface area contributed by atoms with Crippen LogP contribution in [0.3, 0.4) is 0 Å². The van der Waals surface area contributed by atoms with E-state index in [2.05, 4.69) is 5.32 Å². The van der Waals surface area contributed by atoms with Gasteiger partial charge in [-0.2, -0.15) is 0 Å². The summed E-state index contributed by atoms with van der Waals surface area (Å²) in [6.45, 7) is 5.28. The Morgan fingerprint density at radius 3 is 2.53 bits per heavy atom. The van der Waals surface area contributed by atoms with Gasteiger partial charge in [0.1, 0.15) is 0 Å². The number of hydrogen-bond acceptors (Lipinski definition) is 4. The molecular formula is C10H16N2O3S2. The average Bonchev–Trinajstić information content (AvgIpc) is 2.54. The van der Waals surface area contributed by atoms with Gasteiger partial charge in [0.05, 0.1) is 10.8 Å². The second kappa shape index (κ2) is 5.16. The first-order valence-electron chi connectivity index (χ1n) is 5.08. The number of rotatable bonds is 4. The lowest BCUT2D eigenvalue weighted by atomic mass is 10.1. The highest BCUT2D eigenvalue weighted by molar-refractivity contribution is 7.89. The van der Waals surface area contributed by atoms with Crippen LogP contribution in [0.25, 0.3) is 0 Å². The molecule has 17 heavy (non-hydrogen) atoms. The molecule has 1 atom stereocenters. The van der Waals surface area contributed by atoms with Gasteiger partial charge in [-0.15, -0.1) is 11.3 Å². The maximum atomic E-state index is 11.8. The Balaban J connectivity index is 2.66. The van der Waals surface area contributed by atoms with Crippen LogP contribution in [0.15, 0.2) is 5.38 Å². The third-order valence-corrected chi connectivity index (χ3v) is 4.94. The molecule has 0 saturated carbocycles. The average molecular weight is 276 g/mol. The van der Waals surface area contributed by atoms with E-state index in [4.69, 9.17) is 5.14 Å². The van der Waals surface area contributed by atoms with Crippen molar-refractivity contribution in [3.8, 4) is 0 Å². The van der Waals surface area contributed by atoms with Gasteiger partial charge in [0.2, 0.25) is 10.0 Å². The first kappa shape index (κ1) is 14.1. The molecule has 0 aliphatic heterocycles. The standard InChI is InChI=1S/C10H16N2O3S2/c1-6(17(11,14)15)4-12-10(13)9-5-16-8(3)7(9)2/h5-6H,4H2,1-3H3,(H,12,13)(H2,11,14,15). The smallest absolute Gasteiger partial charge is 0.252 e. The lowest BCUT2D eigenvalue weighted by Crippen LogP contribution is -2.38. The van der Waals surface area contributed by atoms with Gasteiger partial charge in [0, 0.05) is 16.8 Å². The highest BCUT2D eigenvalue weighted by Crippen LogP contribution is 2.20. The van der Waals surface area contributed by atoms with Gasteiger partial charge in [-0.1, -0.05) is 0 Å². The minimum absolute atomic E-state index is 0.0198. The number of carbonyl (C=O) groups is 1. The number of sulfonamides is 1. The van der Waals surface area contributed by atoms with Crippen molar-refractivity contribution in [2.45, 2.75) is 26.0 Å². The van der Waals surface area contributed by atoms with Crippen LogP contribution in [0.2, 0.25) is 0 Å². The zero-order valence-electron chi connectivity index (χ0n) is 9.98. The first-order valence-corrected chi connectivity index (χ1v) is 7.57. The number of thiophene rings is 1. The number of aryl methyl sites for hydroxylation is 1. The van der Waals surface area contributed by atoms with Crippen LogP contribution in [-0.2, 0) is 10.0 Å². The summed E-state index contributed by atoms with van der Waals surface area (Å²) in [6.07, 6.45) is 0. The van der Waals surface area contributed by atoms with Crippen LogP contribution >= 0.6 is 11.3 Å². The Morgan fingerprint density at radius 1 is 1.53 bits per heavy atom. The van der Waals surface area contributed by atoms with E-state index >= 15 is 0 Å². The molecule has 1 unspecified atom stereocenters. The van der Waals surface area contributed by atoms with Gasteiger partial charge in [0.15, 0.2) is 0 Å². The summed E-state index contributed by atoms with van der Waals surface area (Å²) in [5.74, 6) is -0.262. The van der Waals surface area contributed by atoms with E-state index in [1.807, 2.05) is 13.8 Å². The second-order valence-electron chi connectivity index (χ2n) is 3.94. The third-order valence-electron chi connectivity index (χ3n) is 2.64. The van der Waals surface area contributed by atoms with Crippen molar-refractivity contribution in [2.75, 3.05) is 6.54 Å². The van der Waals surface area contributed by atoms with Crippen molar-refractivity contribution < 1.29 is 13.2 Å². The van der Waals surface area contributed by atoms with E-state index < -0.39 is 15.3 Å². The Morgan fingerprint density at radius 2 is 2.12 bits per heavy atom. The van der Waals surface area contributed by atoms with Gasteiger partial charge >= 0.3 is 0 Å². The number of hydrogen-bond donors (Lipinski definition) is 2. The fourth-order valence-corrected chi connectivity index (χ4v) is 2.37. The molecule has 1 heterocycles. The lowest BCUT2D eigenvalue weighted by Gasteiger charge is -2.10. The molecule has 0 fully saturated rings. The van der Waals surface area contributed by atoms with Crippen molar-refractivity contribution in [3.05, 3.63) is 21.4 Å². The van der Waals surface area contributed by atoms with Crippen LogP contribution in [0.4, 0.5) is 0 Å². The van der Waals surface area contributed by atoms with Gasteiger partial charge in [-0.25, -0.2) is 13.6 Å². The predicted octanol–water partition coefficient (Wildman–Crippen LogP) is 0.772. The van der Waals surface area contributed by atoms with Crippen molar-refractivity contribution in [1.82, 2.24) is 5.32 Å². The zero-order chi connectivity index (χ0) is 13.2. The minimum atomic E-state index is -3.60. The summed E-state index contributed by atoms with van der Waals surface area (Å²) in [5, 5.41) is 8.51. The molecule has 1 aromatic rings. The number of amides is 1. The summed E-state index contributed by atoms with van der Waals surface area (Å²) in [7, 11) is -3.60. The number of nitrogens with one attached hydrogen (secondary N) is 1. The molecule has 1 aromatic heterocycles. The maximum absolute atomic E-state index is 11.8. The van der Waals surface area contributed by atoms with Gasteiger partial charge in [-0.05, 0) is 26.3 Å². The Kier molecular flexibility index (Phi) is 4.29. The molecule has 0 aliphatic rings. The number of nitrogens with two attached hydrogens (primary N) is 1. The quantitative estimate of drug-likeness (QED) is 0.851. The van der Waals surface area contributed by atoms with Crippen LogP contribution in [-0.4, -0.2) is 26.1 Å². The molecule has 1 rings (SSSR count). The van der Waals surface area contributed by atoms with Crippen LogP contribution < -0.4 is 10.5 Å². The van der Waals surface area contributed by atoms with Crippen LogP contribution in [0, 0.1) is 13.8 Å². The Labute approximate surface area is 105 Å². The first-order chi connectivity index (χ1) is 7.73. The molecular weight excluding hydrogens is 260 g/mol. The molecule has 96 valence electrons. The molecule has 1 amide bonds. The normalized spacial score (nSPS) is 13.4. The van der Waals surface area contributed by atoms with Crippen molar-refractivity contribution in [1.29, 1.82) is 0 Å². The molecule has 0 aromatic carbocycles. The van der Waals surface area contributed by atoms with E-state index in [0.29, 0.717) is 5.56 Å². The van der Waals surface area contributed by atoms with Gasteiger partial charge in [-0.3, -0.25) is 4.79 Å². The minimum Gasteiger partial charge on any atom is -0.351 e. The summed E-state index contributed by atoms with van der Waals surface area (Å²) in [5.41, 5.74) is 1.52. The van der Waals surface area contributed by atoms with Crippen LogP contribution in [0.5, 0.6) is 0 Å². The number of primary sulfonamides is 1. The maximum Gasteiger partial charge on any atom is 0.252 e. The van der Waals surface area contributed by atoms with Crippen molar-refractivity contribution >= 4 is 27.3 Å². The SMILES string of the molecule is Cc1scc(C(=O)NCC(C)S(N)(=O)=O)c1C. The van der Waals surface area contributed by atoms with Gasteiger partial charge < -0.3 is 5.32 Å². The summed E-state index contributed by atoms with van der Waals surface area (Å²) in [6, 6.07) is 0. The summed E-state index contributed by atoms with van der Waals surface area (Å²) >= 11 is 1.50. The van der Waals surface area contributed by atoms with Gasteiger partial charge in [0.25, 0.3) is 5.91 Å². The predicted molar refractivity (Wildman–Crippen MR) is 68.7 cm³/mol. The molecule has 0 radical (unpaired) electrons. The molecule has 5 nitrogen and oxygen atoms in total. The molecule has 0 saturated heterocycles. The fraction of sp³-hybridized carbons (Fsp3) is 0.500. The van der Waals surface area contributed by atoms with E-state index in [9.17, 15) is 13.2 Å². The molecule has 0 aliphatic carbocycles. The third kappa shape index (κ3) is 3.52. The Hall–Kier alpha value is -0.920. The fourth-order valence-electron chi connectivity index (χ4n) is 1.19. The van der Waals surface area contributed by atoms with E-state index in [1.165, 1.54) is 18.3 Å². The number of carbonyl (C=O) groups excluding carboxylic acids is 1. The molecule has 0 spiro atoms. The van der Waals surface area contributed by atoms with E-state index in [1.54, 1.807) is 5.38 Å². The Bertz CT molecular complexity index is 520. The molecule has 3 N–H and O–H groups in total. The summed E-state index contributed by atoms with van der Waals surface area (Å²) in [4.78, 5) is 12.8. The zero-order valence-corrected chi connectivity index (χ0v) is 11.6. The monoisotopic (exact) mass is 276 g/mol. The lowest BCUT2D eigenvalue weighted by molar-refractivity contribution is 0.0954. The molecule has 0 bridgehead atoms. The van der Waals surface area contributed by atoms with Crippen molar-refractivity contribution in [2.24, 2.45) is 5.14 Å². The largest absolute Gasteiger partial charge is 0.351 e.